The lowest BCUT2D eigenvalue weighted by atomic mass is 10.2. The zero-order chi connectivity index (χ0) is 22.8. The Balaban J connectivity index is 1.67. The molecule has 0 unspecified atom stereocenters. The summed E-state index contributed by atoms with van der Waals surface area (Å²) in [4.78, 5) is 49.4. The Labute approximate surface area is 181 Å². The van der Waals surface area contributed by atoms with Gasteiger partial charge in [0, 0.05) is 0 Å². The minimum atomic E-state index is -5.07. The van der Waals surface area contributed by atoms with Gasteiger partial charge in [0.05, 0.1) is 16.7 Å². The van der Waals surface area contributed by atoms with E-state index in [1.54, 1.807) is 54.6 Å². The molecule has 3 aromatic rings. The first-order valence-corrected chi connectivity index (χ1v) is 10.4. The van der Waals surface area contributed by atoms with E-state index < -0.39 is 25.7 Å². The predicted octanol–water partition coefficient (Wildman–Crippen LogP) is 4.46. The largest absolute Gasteiger partial charge is 0.584 e. The minimum Gasteiger partial charge on any atom is -0.282 e. The molecule has 11 heteroatoms. The smallest absolute Gasteiger partial charge is 0.282 e. The van der Waals surface area contributed by atoms with Gasteiger partial charge < -0.3 is 0 Å². The van der Waals surface area contributed by atoms with Crippen LogP contribution in [0.4, 0.5) is 0 Å². The van der Waals surface area contributed by atoms with Gasteiger partial charge in [-0.25, -0.2) is 18.9 Å². The third kappa shape index (κ3) is 6.59. The zero-order valence-corrected chi connectivity index (χ0v) is 17.1. The van der Waals surface area contributed by atoms with Crippen molar-refractivity contribution >= 4 is 25.7 Å². The van der Waals surface area contributed by atoms with Crippen molar-refractivity contribution in [3.63, 3.8) is 0 Å². The Morgan fingerprint density at radius 2 is 0.719 bits per heavy atom. The van der Waals surface area contributed by atoms with Crippen LogP contribution < -0.4 is 0 Å². The van der Waals surface area contributed by atoms with Crippen LogP contribution in [0.1, 0.15) is 31.1 Å². The van der Waals surface area contributed by atoms with Crippen molar-refractivity contribution in [2.24, 2.45) is 0 Å². The molecule has 32 heavy (non-hydrogen) atoms. The second-order valence-electron chi connectivity index (χ2n) is 5.88. The third-order valence-corrected chi connectivity index (χ3v) is 4.41. The summed E-state index contributed by atoms with van der Waals surface area (Å²) in [5.41, 5.74) is 0.129. The molecule has 3 rings (SSSR count). The van der Waals surface area contributed by atoms with Gasteiger partial charge in [0.15, 0.2) is 0 Å². The van der Waals surface area contributed by atoms with E-state index in [9.17, 15) is 18.9 Å². The molecular formula is C21H15O10P. The lowest BCUT2D eigenvalue weighted by Crippen LogP contribution is -2.12. The Hall–Kier alpha value is -3.82. The SMILES string of the molecule is O=C(OOP(=O)(OOC(=O)c1ccccc1)OOC(=O)c1ccccc1)c1ccccc1. The second-order valence-corrected chi connectivity index (χ2v) is 7.22. The van der Waals surface area contributed by atoms with Crippen LogP contribution in [-0.2, 0) is 33.3 Å². The van der Waals surface area contributed by atoms with Crippen LogP contribution in [0.2, 0.25) is 0 Å². The van der Waals surface area contributed by atoms with Crippen molar-refractivity contribution < 1.29 is 47.6 Å². The molecule has 0 aliphatic heterocycles. The first kappa shape index (κ1) is 22.9. The molecule has 0 saturated heterocycles. The van der Waals surface area contributed by atoms with Crippen LogP contribution in [0.3, 0.4) is 0 Å². The summed E-state index contributed by atoms with van der Waals surface area (Å²) in [6, 6.07) is 22.6. The average Bonchev–Trinajstić information content (AvgIpc) is 2.86. The number of benzene rings is 3. The van der Waals surface area contributed by atoms with Crippen molar-refractivity contribution in [3.8, 4) is 0 Å². The molecule has 10 nitrogen and oxygen atoms in total. The maximum absolute atomic E-state index is 12.7. The molecule has 0 N–H and O–H groups in total. The number of phosphoric acid groups is 1. The lowest BCUT2D eigenvalue weighted by molar-refractivity contribution is -0.270. The normalized spacial score (nSPS) is 10.8. The fourth-order valence-electron chi connectivity index (χ4n) is 2.14. The first-order chi connectivity index (χ1) is 15.5. The van der Waals surface area contributed by atoms with Crippen molar-refractivity contribution in [3.05, 3.63) is 108 Å². The van der Waals surface area contributed by atoms with Crippen molar-refractivity contribution in [1.82, 2.24) is 0 Å². The number of rotatable bonds is 9. The van der Waals surface area contributed by atoms with Crippen LogP contribution in [0.5, 0.6) is 0 Å². The molecule has 0 radical (unpaired) electrons. The Kier molecular flexibility index (Phi) is 7.85. The minimum absolute atomic E-state index is 0.0432. The number of carbonyl (C=O) groups is 3. The van der Waals surface area contributed by atoms with Crippen molar-refractivity contribution in [2.75, 3.05) is 0 Å². The van der Waals surface area contributed by atoms with Gasteiger partial charge in [-0.2, -0.15) is 0 Å². The maximum atomic E-state index is 12.7. The van der Waals surface area contributed by atoms with E-state index in [4.69, 9.17) is 0 Å². The van der Waals surface area contributed by atoms with Gasteiger partial charge in [-0.3, -0.25) is 14.7 Å². The molecule has 0 aromatic heterocycles. The van der Waals surface area contributed by atoms with Gasteiger partial charge in [-0.05, 0) is 36.4 Å². The summed E-state index contributed by atoms with van der Waals surface area (Å²) in [5, 5.41) is 0. The van der Waals surface area contributed by atoms with Crippen LogP contribution in [0.25, 0.3) is 0 Å². The van der Waals surface area contributed by atoms with Crippen LogP contribution >= 0.6 is 7.82 Å². The van der Waals surface area contributed by atoms with Gasteiger partial charge in [-0.15, -0.1) is 0 Å². The zero-order valence-electron chi connectivity index (χ0n) is 16.2. The van der Waals surface area contributed by atoms with Gasteiger partial charge in [0.1, 0.15) is 0 Å². The lowest BCUT2D eigenvalue weighted by Gasteiger charge is -2.13. The van der Waals surface area contributed by atoms with E-state index in [-0.39, 0.29) is 16.7 Å². The molecule has 0 aliphatic carbocycles. The molecule has 0 bridgehead atoms. The molecule has 0 aliphatic rings. The maximum Gasteiger partial charge on any atom is 0.584 e. The molecule has 0 amide bonds. The standard InChI is InChI=1S/C21H15O10P/c22-19(16-10-4-1-5-11-16)26-29-32(25,30-27-20(23)17-12-6-2-7-13-17)31-28-21(24)18-14-8-3-9-15-18/h1-15H. The van der Waals surface area contributed by atoms with E-state index in [0.29, 0.717) is 0 Å². The molecule has 3 aromatic carbocycles. The van der Waals surface area contributed by atoms with E-state index in [1.807, 2.05) is 0 Å². The van der Waals surface area contributed by atoms with Crippen LogP contribution in [0.15, 0.2) is 91.0 Å². The van der Waals surface area contributed by atoms with Crippen molar-refractivity contribution in [2.45, 2.75) is 0 Å². The highest BCUT2D eigenvalue weighted by Crippen LogP contribution is 2.50. The highest BCUT2D eigenvalue weighted by molar-refractivity contribution is 7.48. The van der Waals surface area contributed by atoms with Crippen LogP contribution in [-0.4, -0.2) is 17.9 Å². The molecular weight excluding hydrogens is 443 g/mol. The second kappa shape index (κ2) is 11.0. The monoisotopic (exact) mass is 458 g/mol. The highest BCUT2D eigenvalue weighted by Gasteiger charge is 2.38. The topological polar surface area (TPSA) is 124 Å². The van der Waals surface area contributed by atoms with Crippen molar-refractivity contribution in [1.29, 1.82) is 0 Å². The summed E-state index contributed by atoms with van der Waals surface area (Å²) in [6.07, 6.45) is 0. The highest BCUT2D eigenvalue weighted by atomic mass is 31.2. The van der Waals surface area contributed by atoms with Gasteiger partial charge >= 0.3 is 25.7 Å². The van der Waals surface area contributed by atoms with Gasteiger partial charge in [0.25, 0.3) is 0 Å². The fourth-order valence-corrected chi connectivity index (χ4v) is 2.69. The average molecular weight is 458 g/mol. The molecule has 0 spiro atoms. The molecule has 164 valence electrons. The number of hydrogen-bond donors (Lipinski definition) is 0. The summed E-state index contributed by atoms with van der Waals surface area (Å²) >= 11 is 0. The Bertz CT molecular complexity index is 962. The van der Waals surface area contributed by atoms with E-state index >= 15 is 0 Å². The summed E-state index contributed by atoms with van der Waals surface area (Å²) in [7, 11) is -5.07. The van der Waals surface area contributed by atoms with E-state index in [2.05, 4.69) is 28.7 Å². The predicted molar refractivity (Wildman–Crippen MR) is 106 cm³/mol. The number of hydrogen-bond acceptors (Lipinski definition) is 10. The summed E-state index contributed by atoms with van der Waals surface area (Å²) < 4.78 is 26.0. The number of carbonyl (C=O) groups excluding carboxylic acids is 3. The van der Waals surface area contributed by atoms with E-state index in [1.165, 1.54) is 36.4 Å². The molecule has 0 fully saturated rings. The molecule has 0 saturated carbocycles. The van der Waals surface area contributed by atoms with Crippen LogP contribution in [0, 0.1) is 0 Å². The summed E-state index contributed by atoms with van der Waals surface area (Å²) in [5.74, 6) is -3.20. The summed E-state index contributed by atoms with van der Waals surface area (Å²) in [6.45, 7) is 0. The fraction of sp³-hybridized carbons (Fsp3) is 0. The third-order valence-electron chi connectivity index (χ3n) is 3.64. The first-order valence-electron chi connectivity index (χ1n) is 8.94. The quantitative estimate of drug-likeness (QED) is 0.258. The molecule has 0 atom stereocenters. The molecule has 0 heterocycles. The Morgan fingerprint density at radius 1 is 0.469 bits per heavy atom. The van der Waals surface area contributed by atoms with Gasteiger partial charge in [-0.1, -0.05) is 68.6 Å². The van der Waals surface area contributed by atoms with E-state index in [0.717, 1.165) is 0 Å². The van der Waals surface area contributed by atoms with Gasteiger partial charge in [0.2, 0.25) is 0 Å². The Morgan fingerprint density at radius 3 is 0.969 bits per heavy atom.